The molecule has 0 aliphatic carbocycles. The number of hydrogen-bond acceptors (Lipinski definition) is 3. The number of hydrogen-bond donors (Lipinski definition) is 1. The Morgan fingerprint density at radius 3 is 2.13 bits per heavy atom. The van der Waals surface area contributed by atoms with E-state index in [1.54, 1.807) is 26.2 Å². The highest BCUT2D eigenvalue weighted by molar-refractivity contribution is 5.46. The van der Waals surface area contributed by atoms with Crippen molar-refractivity contribution in [3.8, 4) is 5.75 Å². The SMILES string of the molecule is COc1ccc(CCC(C)Nc2c(F)c(F)nc(F)c2F)cc1. The highest BCUT2D eigenvalue weighted by Gasteiger charge is 2.21. The highest BCUT2D eigenvalue weighted by Crippen LogP contribution is 2.23. The largest absolute Gasteiger partial charge is 0.497 e. The van der Waals surface area contributed by atoms with Gasteiger partial charge < -0.3 is 10.1 Å². The van der Waals surface area contributed by atoms with Crippen LogP contribution in [0.25, 0.3) is 0 Å². The molecular formula is C16H16F4N2O. The minimum absolute atomic E-state index is 0.401. The zero-order valence-corrected chi connectivity index (χ0v) is 12.7. The molecule has 1 N–H and O–H groups in total. The lowest BCUT2D eigenvalue weighted by Crippen LogP contribution is -2.19. The van der Waals surface area contributed by atoms with Crippen molar-refractivity contribution in [3.05, 3.63) is 53.4 Å². The molecule has 3 nitrogen and oxygen atoms in total. The van der Waals surface area contributed by atoms with E-state index in [1.807, 2.05) is 12.1 Å². The maximum Gasteiger partial charge on any atom is 0.253 e. The quantitative estimate of drug-likeness (QED) is 0.641. The van der Waals surface area contributed by atoms with Crippen molar-refractivity contribution >= 4 is 5.69 Å². The monoisotopic (exact) mass is 328 g/mol. The van der Waals surface area contributed by atoms with E-state index >= 15 is 0 Å². The number of benzene rings is 1. The van der Waals surface area contributed by atoms with Crippen LogP contribution in [0.5, 0.6) is 5.75 Å². The standard InChI is InChI=1S/C16H16F4N2O/c1-9(3-4-10-5-7-11(23-2)8-6-10)21-14-12(17)15(19)22-16(20)13(14)18/h5-9H,3-4H2,1-2H3,(H,21,22). The molecule has 1 heterocycles. The number of methoxy groups -OCH3 is 1. The van der Waals surface area contributed by atoms with Gasteiger partial charge in [0.25, 0.3) is 11.9 Å². The first-order chi connectivity index (χ1) is 10.9. The molecule has 1 aromatic carbocycles. The first kappa shape index (κ1) is 17.1. The molecule has 1 aromatic heterocycles. The molecule has 0 spiro atoms. The lowest BCUT2D eigenvalue weighted by atomic mass is 10.1. The van der Waals surface area contributed by atoms with Crippen molar-refractivity contribution in [2.75, 3.05) is 12.4 Å². The lowest BCUT2D eigenvalue weighted by molar-refractivity contribution is 0.409. The number of anilines is 1. The van der Waals surface area contributed by atoms with Crippen molar-refractivity contribution in [2.24, 2.45) is 0 Å². The van der Waals surface area contributed by atoms with E-state index in [9.17, 15) is 17.6 Å². The number of rotatable bonds is 6. The fourth-order valence-corrected chi connectivity index (χ4v) is 2.11. The molecule has 2 aromatic rings. The smallest absolute Gasteiger partial charge is 0.253 e. The zero-order chi connectivity index (χ0) is 17.0. The summed E-state index contributed by atoms with van der Waals surface area (Å²) in [5.74, 6) is -5.67. The summed E-state index contributed by atoms with van der Waals surface area (Å²) in [6.07, 6.45) is 1.13. The Morgan fingerprint density at radius 2 is 1.61 bits per heavy atom. The van der Waals surface area contributed by atoms with E-state index in [1.165, 1.54) is 0 Å². The van der Waals surface area contributed by atoms with Crippen molar-refractivity contribution in [2.45, 2.75) is 25.8 Å². The van der Waals surface area contributed by atoms with Gasteiger partial charge in [0.05, 0.1) is 7.11 Å². The molecule has 0 bridgehead atoms. The molecule has 7 heteroatoms. The van der Waals surface area contributed by atoms with Crippen molar-refractivity contribution in [3.63, 3.8) is 0 Å². The van der Waals surface area contributed by atoms with Gasteiger partial charge in [0.1, 0.15) is 11.4 Å². The summed E-state index contributed by atoms with van der Waals surface area (Å²) in [5, 5.41) is 2.46. The van der Waals surface area contributed by atoms with E-state index in [2.05, 4.69) is 10.3 Å². The van der Waals surface area contributed by atoms with Gasteiger partial charge in [-0.3, -0.25) is 0 Å². The maximum atomic E-state index is 13.5. The molecule has 0 amide bonds. The van der Waals surface area contributed by atoms with Gasteiger partial charge in [-0.05, 0) is 37.5 Å². The number of pyridine rings is 1. The summed E-state index contributed by atoms with van der Waals surface area (Å²) in [7, 11) is 1.57. The molecule has 23 heavy (non-hydrogen) atoms. The molecule has 1 atom stereocenters. The third kappa shape index (κ3) is 4.12. The molecule has 0 fully saturated rings. The van der Waals surface area contributed by atoms with Crippen LogP contribution in [0.1, 0.15) is 18.9 Å². The first-order valence-electron chi connectivity index (χ1n) is 7.01. The Kier molecular flexibility index (Phi) is 5.41. The molecule has 124 valence electrons. The molecule has 1 unspecified atom stereocenters. The molecule has 0 saturated heterocycles. The minimum atomic E-state index is -1.67. The fourth-order valence-electron chi connectivity index (χ4n) is 2.11. The van der Waals surface area contributed by atoms with Crippen LogP contribution in [0, 0.1) is 23.5 Å². The Labute approximate surface area is 131 Å². The first-order valence-corrected chi connectivity index (χ1v) is 7.01. The van der Waals surface area contributed by atoms with Gasteiger partial charge in [-0.15, -0.1) is 0 Å². The highest BCUT2D eigenvalue weighted by atomic mass is 19.2. The van der Waals surface area contributed by atoms with E-state index < -0.39 is 35.3 Å². The number of halogens is 4. The Morgan fingerprint density at radius 1 is 1.04 bits per heavy atom. The van der Waals surface area contributed by atoms with Gasteiger partial charge in [0, 0.05) is 6.04 Å². The Balaban J connectivity index is 2.01. The molecular weight excluding hydrogens is 312 g/mol. The Hall–Kier alpha value is -2.31. The van der Waals surface area contributed by atoms with E-state index in [-0.39, 0.29) is 0 Å². The molecule has 0 saturated carbocycles. The average molecular weight is 328 g/mol. The summed E-state index contributed by atoms with van der Waals surface area (Å²) < 4.78 is 58.2. The van der Waals surface area contributed by atoms with Crippen LogP contribution in [0.15, 0.2) is 24.3 Å². The van der Waals surface area contributed by atoms with E-state index in [4.69, 9.17) is 4.74 Å². The predicted octanol–water partition coefficient (Wildman–Crippen LogP) is 4.08. The minimum Gasteiger partial charge on any atom is -0.497 e. The number of ether oxygens (including phenoxy) is 1. The summed E-state index contributed by atoms with van der Waals surface area (Å²) >= 11 is 0. The number of aromatic nitrogens is 1. The molecule has 2 rings (SSSR count). The molecule has 0 radical (unpaired) electrons. The van der Waals surface area contributed by atoms with Crippen molar-refractivity contribution < 1.29 is 22.3 Å². The average Bonchev–Trinajstić information content (AvgIpc) is 2.55. The summed E-state index contributed by atoms with van der Waals surface area (Å²) in [4.78, 5) is 2.52. The summed E-state index contributed by atoms with van der Waals surface area (Å²) in [6, 6.07) is 6.96. The van der Waals surface area contributed by atoms with Crippen LogP contribution in [-0.4, -0.2) is 18.1 Å². The normalized spacial score (nSPS) is 12.1. The number of nitrogens with zero attached hydrogens (tertiary/aromatic N) is 1. The fraction of sp³-hybridized carbons (Fsp3) is 0.312. The van der Waals surface area contributed by atoms with Crippen molar-refractivity contribution in [1.29, 1.82) is 0 Å². The molecule has 0 aliphatic heterocycles. The number of aryl methyl sites for hydroxylation is 1. The van der Waals surface area contributed by atoms with Gasteiger partial charge in [-0.2, -0.15) is 22.5 Å². The third-order valence-electron chi connectivity index (χ3n) is 3.41. The second-order valence-corrected chi connectivity index (χ2v) is 5.13. The Bertz CT molecular complexity index is 651. The van der Waals surface area contributed by atoms with Gasteiger partial charge in [-0.25, -0.2) is 0 Å². The van der Waals surface area contributed by atoms with Gasteiger partial charge in [0.15, 0.2) is 0 Å². The van der Waals surface area contributed by atoms with Crippen LogP contribution in [0.4, 0.5) is 23.2 Å². The van der Waals surface area contributed by atoms with Crippen LogP contribution < -0.4 is 10.1 Å². The van der Waals surface area contributed by atoms with Crippen molar-refractivity contribution in [1.82, 2.24) is 4.98 Å². The molecule has 0 aliphatic rings. The number of nitrogens with one attached hydrogen (secondary N) is 1. The van der Waals surface area contributed by atoms with Gasteiger partial charge >= 0.3 is 0 Å². The van der Waals surface area contributed by atoms with Crippen LogP contribution in [0.2, 0.25) is 0 Å². The third-order valence-corrected chi connectivity index (χ3v) is 3.41. The van der Waals surface area contributed by atoms with Crippen LogP contribution in [-0.2, 0) is 6.42 Å². The lowest BCUT2D eigenvalue weighted by Gasteiger charge is -2.16. The van der Waals surface area contributed by atoms with Gasteiger partial charge in [-0.1, -0.05) is 12.1 Å². The predicted molar refractivity (Wildman–Crippen MR) is 78.5 cm³/mol. The van der Waals surface area contributed by atoms with Crippen LogP contribution in [0.3, 0.4) is 0 Å². The van der Waals surface area contributed by atoms with E-state index in [0.29, 0.717) is 12.8 Å². The second kappa shape index (κ2) is 7.30. The van der Waals surface area contributed by atoms with E-state index in [0.717, 1.165) is 11.3 Å². The zero-order valence-electron chi connectivity index (χ0n) is 12.7. The van der Waals surface area contributed by atoms with Gasteiger partial charge in [0.2, 0.25) is 11.6 Å². The maximum absolute atomic E-state index is 13.5. The van der Waals surface area contributed by atoms with Crippen LogP contribution >= 0.6 is 0 Å². The summed E-state index contributed by atoms with van der Waals surface area (Å²) in [5.41, 5.74) is 0.171. The topological polar surface area (TPSA) is 34.1 Å². The summed E-state index contributed by atoms with van der Waals surface area (Å²) in [6.45, 7) is 1.67. The second-order valence-electron chi connectivity index (χ2n) is 5.13.